The lowest BCUT2D eigenvalue weighted by Crippen LogP contribution is -2.46. The third-order valence-corrected chi connectivity index (χ3v) is 3.02. The summed E-state index contributed by atoms with van der Waals surface area (Å²) in [6.07, 6.45) is 4.04. The van der Waals surface area contributed by atoms with Crippen LogP contribution in [0, 0.1) is 5.92 Å². The monoisotopic (exact) mass is 340 g/mol. The van der Waals surface area contributed by atoms with E-state index in [0.29, 0.717) is 30.5 Å². The lowest BCUT2D eigenvalue weighted by Gasteiger charge is -2.23. The molecule has 1 heterocycles. The van der Waals surface area contributed by atoms with Gasteiger partial charge in [-0.3, -0.25) is 9.48 Å². The van der Waals surface area contributed by atoms with Crippen molar-refractivity contribution in [2.45, 2.75) is 59.7 Å². The number of hydrogen-bond acceptors (Lipinski definition) is 4. The molecule has 0 aliphatic carbocycles. The summed E-state index contributed by atoms with van der Waals surface area (Å²) in [4.78, 5) is 11.5. The molecule has 0 saturated heterocycles. The molecule has 0 atom stereocenters. The van der Waals surface area contributed by atoms with Crippen LogP contribution in [-0.4, -0.2) is 32.9 Å². The molecule has 0 amide bonds. The SMILES string of the molecule is CC(C)CC(=O)OCc1cnn(CCNC(=S)NC(C)(C)C)c1. The molecule has 0 aliphatic rings. The molecule has 0 saturated carbocycles. The number of carbonyl (C=O) groups is 1. The van der Waals surface area contributed by atoms with Crippen LogP contribution in [0.25, 0.3) is 0 Å². The molecule has 0 spiro atoms. The Kier molecular flexibility index (Phi) is 7.48. The maximum atomic E-state index is 11.5. The van der Waals surface area contributed by atoms with Crippen molar-refractivity contribution >= 4 is 23.3 Å². The van der Waals surface area contributed by atoms with Crippen LogP contribution in [0.1, 0.15) is 46.6 Å². The van der Waals surface area contributed by atoms with E-state index in [-0.39, 0.29) is 18.1 Å². The van der Waals surface area contributed by atoms with Gasteiger partial charge in [0.1, 0.15) is 6.61 Å². The molecule has 1 aromatic heterocycles. The fourth-order valence-electron chi connectivity index (χ4n) is 1.83. The molecule has 2 N–H and O–H groups in total. The van der Waals surface area contributed by atoms with E-state index in [1.807, 2.05) is 20.0 Å². The summed E-state index contributed by atoms with van der Waals surface area (Å²) in [5.41, 5.74) is 0.834. The van der Waals surface area contributed by atoms with Crippen LogP contribution >= 0.6 is 12.2 Å². The van der Waals surface area contributed by atoms with Crippen molar-refractivity contribution in [1.82, 2.24) is 20.4 Å². The van der Waals surface area contributed by atoms with Gasteiger partial charge in [-0.15, -0.1) is 0 Å². The van der Waals surface area contributed by atoms with Crippen LogP contribution in [0.2, 0.25) is 0 Å². The first kappa shape index (κ1) is 19.4. The lowest BCUT2D eigenvalue weighted by atomic mass is 10.1. The average Bonchev–Trinajstić information content (AvgIpc) is 2.81. The molecule has 0 aliphatic heterocycles. The van der Waals surface area contributed by atoms with Crippen LogP contribution in [0.5, 0.6) is 0 Å². The Morgan fingerprint density at radius 3 is 2.74 bits per heavy atom. The Balaban J connectivity index is 2.28. The second-order valence-electron chi connectivity index (χ2n) is 7.00. The zero-order valence-electron chi connectivity index (χ0n) is 14.7. The van der Waals surface area contributed by atoms with Gasteiger partial charge in [0.2, 0.25) is 0 Å². The summed E-state index contributed by atoms with van der Waals surface area (Å²) in [5, 5.41) is 11.2. The maximum absolute atomic E-state index is 11.5. The second-order valence-corrected chi connectivity index (χ2v) is 7.41. The quantitative estimate of drug-likeness (QED) is 0.586. The van der Waals surface area contributed by atoms with E-state index in [1.54, 1.807) is 10.9 Å². The summed E-state index contributed by atoms with van der Waals surface area (Å²) in [6.45, 7) is 11.8. The van der Waals surface area contributed by atoms with Gasteiger partial charge in [-0.2, -0.15) is 5.10 Å². The van der Waals surface area contributed by atoms with Gasteiger partial charge in [0, 0.05) is 30.3 Å². The van der Waals surface area contributed by atoms with Gasteiger partial charge < -0.3 is 15.4 Å². The highest BCUT2D eigenvalue weighted by Gasteiger charge is 2.10. The zero-order valence-corrected chi connectivity index (χ0v) is 15.5. The molecule has 6 nitrogen and oxygen atoms in total. The van der Waals surface area contributed by atoms with Gasteiger partial charge in [0.05, 0.1) is 12.7 Å². The van der Waals surface area contributed by atoms with E-state index >= 15 is 0 Å². The fourth-order valence-corrected chi connectivity index (χ4v) is 2.24. The minimum absolute atomic E-state index is 0.0528. The second kappa shape index (κ2) is 8.86. The van der Waals surface area contributed by atoms with Crippen LogP contribution in [0.3, 0.4) is 0 Å². The Hall–Kier alpha value is -1.63. The highest BCUT2D eigenvalue weighted by molar-refractivity contribution is 7.80. The van der Waals surface area contributed by atoms with E-state index in [4.69, 9.17) is 17.0 Å². The van der Waals surface area contributed by atoms with Crippen LogP contribution < -0.4 is 10.6 Å². The van der Waals surface area contributed by atoms with Gasteiger partial charge in [0.25, 0.3) is 0 Å². The zero-order chi connectivity index (χ0) is 17.5. The number of rotatable bonds is 7. The van der Waals surface area contributed by atoms with Gasteiger partial charge in [-0.05, 0) is 38.9 Å². The molecule has 0 bridgehead atoms. The number of esters is 1. The molecular formula is C16H28N4O2S. The number of ether oxygens (including phenoxy) is 1. The molecule has 130 valence electrons. The van der Waals surface area contributed by atoms with Crippen LogP contribution in [0.15, 0.2) is 12.4 Å². The number of aromatic nitrogens is 2. The normalized spacial score (nSPS) is 11.4. The Morgan fingerprint density at radius 1 is 1.43 bits per heavy atom. The summed E-state index contributed by atoms with van der Waals surface area (Å²) in [5.74, 6) is 0.134. The fraction of sp³-hybridized carbons (Fsp3) is 0.688. The third kappa shape index (κ3) is 9.18. The summed E-state index contributed by atoms with van der Waals surface area (Å²) >= 11 is 5.22. The Morgan fingerprint density at radius 2 is 2.13 bits per heavy atom. The number of nitrogens with zero attached hydrogens (tertiary/aromatic N) is 2. The van der Waals surface area contributed by atoms with Gasteiger partial charge in [-0.25, -0.2) is 0 Å². The number of hydrogen-bond donors (Lipinski definition) is 2. The van der Waals surface area contributed by atoms with Crippen molar-refractivity contribution in [3.8, 4) is 0 Å². The number of thiocarbonyl (C=S) groups is 1. The predicted molar refractivity (Wildman–Crippen MR) is 95.0 cm³/mol. The molecule has 0 fully saturated rings. The Labute approximate surface area is 144 Å². The molecular weight excluding hydrogens is 312 g/mol. The summed E-state index contributed by atoms with van der Waals surface area (Å²) in [7, 11) is 0. The highest BCUT2D eigenvalue weighted by Crippen LogP contribution is 2.05. The van der Waals surface area contributed by atoms with E-state index in [0.717, 1.165) is 5.56 Å². The van der Waals surface area contributed by atoms with E-state index in [2.05, 4.69) is 36.5 Å². The number of carbonyl (C=O) groups excluding carboxylic acids is 1. The maximum Gasteiger partial charge on any atom is 0.306 e. The van der Waals surface area contributed by atoms with Crippen molar-refractivity contribution in [2.75, 3.05) is 6.54 Å². The average molecular weight is 340 g/mol. The van der Waals surface area contributed by atoms with Crippen molar-refractivity contribution < 1.29 is 9.53 Å². The van der Waals surface area contributed by atoms with Gasteiger partial charge in [0.15, 0.2) is 5.11 Å². The smallest absolute Gasteiger partial charge is 0.306 e. The minimum atomic E-state index is -0.173. The van der Waals surface area contributed by atoms with Crippen LogP contribution in [0.4, 0.5) is 0 Å². The van der Waals surface area contributed by atoms with Crippen LogP contribution in [-0.2, 0) is 22.7 Å². The first-order chi connectivity index (χ1) is 10.7. The molecule has 23 heavy (non-hydrogen) atoms. The van der Waals surface area contributed by atoms with Crippen molar-refractivity contribution in [3.63, 3.8) is 0 Å². The molecule has 0 aromatic carbocycles. The Bertz CT molecular complexity index is 520. The van der Waals surface area contributed by atoms with Crippen molar-refractivity contribution in [2.24, 2.45) is 5.92 Å². The summed E-state index contributed by atoms with van der Waals surface area (Å²) < 4.78 is 7.01. The van der Waals surface area contributed by atoms with E-state index in [1.165, 1.54) is 0 Å². The minimum Gasteiger partial charge on any atom is -0.461 e. The predicted octanol–water partition coefficient (Wildman–Crippen LogP) is 2.23. The highest BCUT2D eigenvalue weighted by atomic mass is 32.1. The number of nitrogens with one attached hydrogen (secondary N) is 2. The standard InChI is InChI=1S/C16H28N4O2S/c1-12(2)8-14(21)22-11-13-9-18-20(10-13)7-6-17-15(23)19-16(3,4)5/h9-10,12H,6-8,11H2,1-5H3,(H2,17,19,23). The topological polar surface area (TPSA) is 68.2 Å². The largest absolute Gasteiger partial charge is 0.461 e. The van der Waals surface area contributed by atoms with Gasteiger partial charge >= 0.3 is 5.97 Å². The molecule has 1 aromatic rings. The van der Waals surface area contributed by atoms with Crippen molar-refractivity contribution in [1.29, 1.82) is 0 Å². The van der Waals surface area contributed by atoms with E-state index in [9.17, 15) is 4.79 Å². The summed E-state index contributed by atoms with van der Waals surface area (Å²) in [6, 6.07) is 0. The molecule has 0 unspecified atom stereocenters. The lowest BCUT2D eigenvalue weighted by molar-refractivity contribution is -0.145. The van der Waals surface area contributed by atoms with Crippen molar-refractivity contribution in [3.05, 3.63) is 18.0 Å². The molecule has 1 rings (SSSR count). The third-order valence-electron chi connectivity index (χ3n) is 2.78. The first-order valence-electron chi connectivity index (χ1n) is 7.88. The van der Waals surface area contributed by atoms with Gasteiger partial charge in [-0.1, -0.05) is 13.8 Å². The molecule has 0 radical (unpaired) electrons. The van der Waals surface area contributed by atoms with E-state index < -0.39 is 0 Å². The molecule has 7 heteroatoms. The first-order valence-corrected chi connectivity index (χ1v) is 8.29.